The van der Waals surface area contributed by atoms with Crippen molar-refractivity contribution in [1.29, 1.82) is 0 Å². The second-order valence-corrected chi connectivity index (χ2v) is 8.01. The lowest BCUT2D eigenvalue weighted by Gasteiger charge is -2.21. The number of rotatable bonds is 7. The van der Waals surface area contributed by atoms with E-state index in [-0.39, 0.29) is 0 Å². The Bertz CT molecular complexity index is 720. The van der Waals surface area contributed by atoms with Crippen LogP contribution < -0.4 is 10.1 Å². The summed E-state index contributed by atoms with van der Waals surface area (Å²) in [5, 5.41) is 3.83. The molecule has 0 unspecified atom stereocenters. The molecule has 0 amide bonds. The first-order valence-corrected chi connectivity index (χ1v) is 10.3. The largest absolute Gasteiger partial charge is 0.497 e. The average molecular weight is 350 g/mol. The standard InChI is InChI=1S/C24H31NO/c1-26-20-11-7-10-19(16-20)21-12-5-6-13-22(21)23-17-24(23)25-15-14-18-8-3-2-4-9-18/h5-7,10-13,16,18,23-25H,2-4,8-9,14-15,17H2,1H3/t23-,24+/m0/s1. The molecule has 0 radical (unpaired) electrons. The van der Waals surface area contributed by atoms with Crippen LogP contribution in [0.1, 0.15) is 56.4 Å². The summed E-state index contributed by atoms with van der Waals surface area (Å²) in [6.07, 6.45) is 9.89. The summed E-state index contributed by atoms with van der Waals surface area (Å²) in [4.78, 5) is 0. The Labute approximate surface area is 158 Å². The minimum atomic E-state index is 0.656. The van der Waals surface area contributed by atoms with Crippen LogP contribution in [0.5, 0.6) is 5.75 Å². The molecule has 2 aliphatic carbocycles. The highest BCUT2D eigenvalue weighted by molar-refractivity contribution is 5.70. The maximum atomic E-state index is 5.41. The van der Waals surface area contributed by atoms with Crippen LogP contribution in [0.3, 0.4) is 0 Å². The minimum Gasteiger partial charge on any atom is -0.497 e. The summed E-state index contributed by atoms with van der Waals surface area (Å²) in [5.74, 6) is 2.55. The molecule has 2 aromatic carbocycles. The minimum absolute atomic E-state index is 0.656. The van der Waals surface area contributed by atoms with Gasteiger partial charge in [0.2, 0.25) is 0 Å². The van der Waals surface area contributed by atoms with Gasteiger partial charge in [-0.25, -0.2) is 0 Å². The molecule has 2 atom stereocenters. The van der Waals surface area contributed by atoms with Crippen molar-refractivity contribution in [2.45, 2.75) is 56.9 Å². The van der Waals surface area contributed by atoms with Crippen molar-refractivity contribution in [2.75, 3.05) is 13.7 Å². The van der Waals surface area contributed by atoms with Gasteiger partial charge in [-0.2, -0.15) is 0 Å². The average Bonchev–Trinajstić information content (AvgIpc) is 3.48. The molecule has 2 saturated carbocycles. The third-order valence-electron chi connectivity index (χ3n) is 6.22. The lowest BCUT2D eigenvalue weighted by molar-refractivity contribution is 0.333. The van der Waals surface area contributed by atoms with E-state index in [9.17, 15) is 0 Å². The Morgan fingerprint density at radius 3 is 2.69 bits per heavy atom. The van der Waals surface area contributed by atoms with Gasteiger partial charge in [0, 0.05) is 12.0 Å². The molecule has 2 fully saturated rings. The van der Waals surface area contributed by atoms with E-state index in [0.29, 0.717) is 12.0 Å². The van der Waals surface area contributed by atoms with E-state index >= 15 is 0 Å². The van der Waals surface area contributed by atoms with Crippen LogP contribution in [0, 0.1) is 5.92 Å². The molecular weight excluding hydrogens is 318 g/mol. The quantitative estimate of drug-likeness (QED) is 0.684. The zero-order valence-electron chi connectivity index (χ0n) is 15.9. The number of hydrogen-bond donors (Lipinski definition) is 1. The topological polar surface area (TPSA) is 21.3 Å². The number of hydrogen-bond acceptors (Lipinski definition) is 2. The lowest BCUT2D eigenvalue weighted by atomic mass is 9.87. The van der Waals surface area contributed by atoms with Crippen molar-refractivity contribution in [3.63, 3.8) is 0 Å². The molecule has 138 valence electrons. The molecule has 0 bridgehead atoms. The molecule has 2 aliphatic rings. The van der Waals surface area contributed by atoms with Crippen LogP contribution in [0.15, 0.2) is 48.5 Å². The fraction of sp³-hybridized carbons (Fsp3) is 0.500. The molecule has 26 heavy (non-hydrogen) atoms. The molecule has 0 aromatic heterocycles. The SMILES string of the molecule is COc1cccc(-c2ccccc2[C@@H]2C[C@H]2NCCC2CCCCC2)c1. The van der Waals surface area contributed by atoms with Gasteiger partial charge >= 0.3 is 0 Å². The van der Waals surface area contributed by atoms with Gasteiger partial charge in [0.1, 0.15) is 5.75 Å². The molecule has 0 aliphatic heterocycles. The van der Waals surface area contributed by atoms with Crippen LogP contribution in [0.4, 0.5) is 0 Å². The van der Waals surface area contributed by atoms with Gasteiger partial charge in [0.05, 0.1) is 7.11 Å². The van der Waals surface area contributed by atoms with Crippen molar-refractivity contribution in [3.8, 4) is 16.9 Å². The second kappa shape index (κ2) is 8.26. The predicted molar refractivity (Wildman–Crippen MR) is 109 cm³/mol. The molecule has 0 saturated heterocycles. The van der Waals surface area contributed by atoms with Crippen LogP contribution in [0.25, 0.3) is 11.1 Å². The zero-order valence-corrected chi connectivity index (χ0v) is 15.9. The van der Waals surface area contributed by atoms with Crippen molar-refractivity contribution in [2.24, 2.45) is 5.92 Å². The summed E-state index contributed by atoms with van der Waals surface area (Å²) >= 11 is 0. The summed E-state index contributed by atoms with van der Waals surface area (Å²) in [5.41, 5.74) is 4.09. The highest BCUT2D eigenvalue weighted by Gasteiger charge is 2.39. The highest BCUT2D eigenvalue weighted by Crippen LogP contribution is 2.45. The molecule has 2 heteroatoms. The first-order valence-electron chi connectivity index (χ1n) is 10.3. The Kier molecular flexibility index (Phi) is 5.59. The first kappa shape index (κ1) is 17.6. The van der Waals surface area contributed by atoms with Gasteiger partial charge in [-0.15, -0.1) is 0 Å². The van der Waals surface area contributed by atoms with E-state index in [4.69, 9.17) is 4.74 Å². The highest BCUT2D eigenvalue weighted by atomic mass is 16.5. The van der Waals surface area contributed by atoms with Crippen LogP contribution in [0.2, 0.25) is 0 Å². The normalized spacial score (nSPS) is 23.0. The summed E-state index contributed by atoms with van der Waals surface area (Å²) in [6, 6.07) is 18.0. The van der Waals surface area contributed by atoms with Crippen molar-refractivity contribution in [1.82, 2.24) is 5.32 Å². The lowest BCUT2D eigenvalue weighted by Crippen LogP contribution is -2.22. The Morgan fingerprint density at radius 1 is 1.00 bits per heavy atom. The maximum Gasteiger partial charge on any atom is 0.119 e. The third kappa shape index (κ3) is 4.12. The number of nitrogens with one attached hydrogen (secondary N) is 1. The van der Waals surface area contributed by atoms with Crippen LogP contribution >= 0.6 is 0 Å². The Balaban J connectivity index is 1.38. The Hall–Kier alpha value is -1.80. The van der Waals surface area contributed by atoms with E-state index in [2.05, 4.69) is 47.8 Å². The second-order valence-electron chi connectivity index (χ2n) is 8.01. The molecular formula is C24H31NO. The van der Waals surface area contributed by atoms with Crippen molar-refractivity contribution >= 4 is 0 Å². The maximum absolute atomic E-state index is 5.41. The summed E-state index contributed by atoms with van der Waals surface area (Å²) in [6.45, 7) is 1.19. The smallest absolute Gasteiger partial charge is 0.119 e. The summed E-state index contributed by atoms with van der Waals surface area (Å²) < 4.78 is 5.41. The fourth-order valence-corrected chi connectivity index (χ4v) is 4.59. The van der Waals surface area contributed by atoms with Gasteiger partial charge in [0.25, 0.3) is 0 Å². The van der Waals surface area contributed by atoms with Gasteiger partial charge in [-0.1, -0.05) is 68.5 Å². The number of methoxy groups -OCH3 is 1. The molecule has 0 spiro atoms. The fourth-order valence-electron chi connectivity index (χ4n) is 4.59. The van der Waals surface area contributed by atoms with E-state index in [1.807, 2.05) is 6.07 Å². The van der Waals surface area contributed by atoms with Gasteiger partial charge in [-0.05, 0) is 54.1 Å². The molecule has 0 heterocycles. The molecule has 2 nitrogen and oxygen atoms in total. The van der Waals surface area contributed by atoms with Crippen molar-refractivity contribution < 1.29 is 4.74 Å². The van der Waals surface area contributed by atoms with E-state index in [1.165, 1.54) is 68.2 Å². The first-order chi connectivity index (χ1) is 12.8. The Morgan fingerprint density at radius 2 is 1.85 bits per heavy atom. The zero-order chi connectivity index (χ0) is 17.8. The predicted octanol–water partition coefficient (Wildman–Crippen LogP) is 5.78. The number of benzene rings is 2. The summed E-state index contributed by atoms with van der Waals surface area (Å²) in [7, 11) is 1.73. The van der Waals surface area contributed by atoms with E-state index < -0.39 is 0 Å². The third-order valence-corrected chi connectivity index (χ3v) is 6.22. The molecule has 1 N–H and O–H groups in total. The van der Waals surface area contributed by atoms with Gasteiger partial charge in [0.15, 0.2) is 0 Å². The molecule has 4 rings (SSSR count). The van der Waals surface area contributed by atoms with Crippen molar-refractivity contribution in [3.05, 3.63) is 54.1 Å². The van der Waals surface area contributed by atoms with Crippen LogP contribution in [-0.4, -0.2) is 19.7 Å². The van der Waals surface area contributed by atoms with E-state index in [0.717, 1.165) is 11.7 Å². The monoisotopic (exact) mass is 349 g/mol. The van der Waals surface area contributed by atoms with E-state index in [1.54, 1.807) is 7.11 Å². The number of ether oxygens (including phenoxy) is 1. The van der Waals surface area contributed by atoms with Gasteiger partial charge in [-0.3, -0.25) is 0 Å². The van der Waals surface area contributed by atoms with Crippen LogP contribution in [-0.2, 0) is 0 Å². The van der Waals surface area contributed by atoms with Gasteiger partial charge < -0.3 is 10.1 Å². The molecule has 2 aromatic rings.